The van der Waals surface area contributed by atoms with Crippen molar-refractivity contribution in [2.24, 2.45) is 0 Å². The average Bonchev–Trinajstić information content (AvgIpc) is 3.02. The predicted molar refractivity (Wildman–Crippen MR) is 88.8 cm³/mol. The van der Waals surface area contributed by atoms with Gasteiger partial charge in [-0.25, -0.2) is 4.98 Å². The molecule has 0 unspecified atom stereocenters. The Hall–Kier alpha value is -3.09. The highest BCUT2D eigenvalue weighted by atomic mass is 16.5. The monoisotopic (exact) mass is 310 g/mol. The first kappa shape index (κ1) is 14.8. The van der Waals surface area contributed by atoms with Crippen LogP contribution in [0.15, 0.2) is 36.5 Å². The summed E-state index contributed by atoms with van der Waals surface area (Å²) in [5.41, 5.74) is 15.0. The van der Waals surface area contributed by atoms with Crippen LogP contribution in [0, 0.1) is 0 Å². The molecule has 0 atom stereocenters. The highest BCUT2D eigenvalue weighted by Crippen LogP contribution is 2.23. The summed E-state index contributed by atoms with van der Waals surface area (Å²) >= 11 is 0. The largest absolute Gasteiger partial charge is 0.497 e. The minimum Gasteiger partial charge on any atom is -0.497 e. The van der Waals surface area contributed by atoms with Gasteiger partial charge in [-0.05, 0) is 36.6 Å². The summed E-state index contributed by atoms with van der Waals surface area (Å²) in [5.74, 6) is 1.34. The zero-order valence-corrected chi connectivity index (χ0v) is 12.8. The summed E-state index contributed by atoms with van der Waals surface area (Å²) in [6.07, 6.45) is 3.33. The van der Waals surface area contributed by atoms with Crippen molar-refractivity contribution < 1.29 is 4.74 Å². The maximum atomic E-state index is 5.86. The van der Waals surface area contributed by atoms with Crippen LogP contribution in [0.5, 0.6) is 5.75 Å². The molecule has 0 saturated carbocycles. The predicted octanol–water partition coefficient (Wildman–Crippen LogP) is 1.82. The van der Waals surface area contributed by atoms with Crippen LogP contribution in [0.3, 0.4) is 0 Å². The van der Waals surface area contributed by atoms with Crippen molar-refractivity contribution in [1.29, 1.82) is 0 Å². The van der Waals surface area contributed by atoms with Gasteiger partial charge in [0.05, 0.1) is 18.4 Å². The number of nitrogens with two attached hydrogens (primary N) is 2. The van der Waals surface area contributed by atoms with E-state index in [1.165, 1.54) is 5.56 Å². The Morgan fingerprint density at radius 1 is 1.13 bits per heavy atom. The summed E-state index contributed by atoms with van der Waals surface area (Å²) in [6, 6.07) is 9.98. The summed E-state index contributed by atoms with van der Waals surface area (Å²) in [4.78, 5) is 7.90. The van der Waals surface area contributed by atoms with E-state index in [9.17, 15) is 0 Å². The lowest BCUT2D eigenvalue weighted by Gasteiger charge is -2.02. The van der Waals surface area contributed by atoms with Gasteiger partial charge in [0.1, 0.15) is 11.6 Å². The van der Waals surface area contributed by atoms with Crippen molar-refractivity contribution in [2.45, 2.75) is 12.8 Å². The van der Waals surface area contributed by atoms with Gasteiger partial charge in [-0.2, -0.15) is 10.1 Å². The van der Waals surface area contributed by atoms with E-state index in [4.69, 9.17) is 16.2 Å². The third kappa shape index (κ3) is 3.39. The normalized spacial score (nSPS) is 10.7. The lowest BCUT2D eigenvalue weighted by Crippen LogP contribution is -2.01. The van der Waals surface area contributed by atoms with Gasteiger partial charge in [0.2, 0.25) is 5.95 Å². The van der Waals surface area contributed by atoms with E-state index >= 15 is 0 Å². The molecular weight excluding hydrogens is 292 g/mol. The Morgan fingerprint density at radius 3 is 2.61 bits per heavy atom. The maximum absolute atomic E-state index is 5.86. The molecule has 5 N–H and O–H groups in total. The highest BCUT2D eigenvalue weighted by Gasteiger charge is 2.09. The first-order chi connectivity index (χ1) is 11.2. The number of aromatic nitrogens is 4. The third-order valence-electron chi connectivity index (χ3n) is 3.59. The number of aromatic amines is 1. The molecule has 1 aromatic carbocycles. The number of aryl methyl sites for hydroxylation is 2. The molecule has 23 heavy (non-hydrogen) atoms. The Labute approximate surface area is 133 Å². The number of H-pyrrole nitrogens is 1. The third-order valence-corrected chi connectivity index (χ3v) is 3.59. The lowest BCUT2D eigenvalue weighted by molar-refractivity contribution is 0.414. The zero-order chi connectivity index (χ0) is 16.2. The Balaban J connectivity index is 1.69. The number of ether oxygens (including phenoxy) is 1. The van der Waals surface area contributed by atoms with Crippen molar-refractivity contribution in [3.63, 3.8) is 0 Å². The van der Waals surface area contributed by atoms with Crippen LogP contribution < -0.4 is 16.2 Å². The van der Waals surface area contributed by atoms with Crippen LogP contribution in [0.2, 0.25) is 0 Å². The van der Waals surface area contributed by atoms with Gasteiger partial charge in [-0.1, -0.05) is 12.1 Å². The van der Waals surface area contributed by atoms with Crippen molar-refractivity contribution in [3.05, 3.63) is 47.8 Å². The first-order valence-electron chi connectivity index (χ1n) is 7.21. The first-order valence-corrected chi connectivity index (χ1v) is 7.21. The number of nitrogens with one attached hydrogen (secondary N) is 1. The van der Waals surface area contributed by atoms with Crippen LogP contribution in [-0.2, 0) is 12.8 Å². The second kappa shape index (κ2) is 6.35. The molecule has 0 fully saturated rings. The van der Waals surface area contributed by atoms with Crippen LogP contribution in [-0.4, -0.2) is 27.3 Å². The van der Waals surface area contributed by atoms with Crippen LogP contribution in [0.25, 0.3) is 11.3 Å². The molecule has 0 aliphatic rings. The summed E-state index contributed by atoms with van der Waals surface area (Å²) < 4.78 is 5.16. The van der Waals surface area contributed by atoms with Gasteiger partial charge in [-0.3, -0.25) is 5.10 Å². The van der Waals surface area contributed by atoms with Crippen molar-refractivity contribution >= 4 is 11.8 Å². The number of methoxy groups -OCH3 is 1. The van der Waals surface area contributed by atoms with E-state index in [2.05, 4.69) is 32.3 Å². The number of nitrogens with zero attached hydrogens (tertiary/aromatic N) is 3. The molecule has 0 radical (unpaired) electrons. The topological polar surface area (TPSA) is 116 Å². The quantitative estimate of drug-likeness (QED) is 0.662. The van der Waals surface area contributed by atoms with E-state index < -0.39 is 0 Å². The van der Waals surface area contributed by atoms with E-state index in [0.29, 0.717) is 17.1 Å². The maximum Gasteiger partial charge on any atom is 0.221 e. The fourth-order valence-corrected chi connectivity index (χ4v) is 2.31. The fraction of sp³-hybridized carbons (Fsp3) is 0.188. The van der Waals surface area contributed by atoms with Crippen molar-refractivity contribution in [1.82, 2.24) is 20.2 Å². The summed E-state index contributed by atoms with van der Waals surface area (Å²) in [6.45, 7) is 0. The van der Waals surface area contributed by atoms with E-state index in [1.54, 1.807) is 13.3 Å². The van der Waals surface area contributed by atoms with E-state index in [-0.39, 0.29) is 5.95 Å². The zero-order valence-electron chi connectivity index (χ0n) is 12.8. The second-order valence-corrected chi connectivity index (χ2v) is 5.15. The molecule has 2 aromatic heterocycles. The summed E-state index contributed by atoms with van der Waals surface area (Å²) in [5, 5.41) is 7.29. The molecule has 7 nitrogen and oxygen atoms in total. The molecule has 0 bridgehead atoms. The smallest absolute Gasteiger partial charge is 0.221 e. The Morgan fingerprint density at radius 2 is 1.91 bits per heavy atom. The number of rotatable bonds is 5. The highest BCUT2D eigenvalue weighted by molar-refractivity contribution is 5.70. The molecule has 0 saturated heterocycles. The number of nitrogen functional groups attached to an aromatic ring is 2. The van der Waals surface area contributed by atoms with Gasteiger partial charge in [-0.15, -0.1) is 0 Å². The molecule has 7 heteroatoms. The number of anilines is 2. The van der Waals surface area contributed by atoms with E-state index in [1.807, 2.05) is 18.2 Å². The lowest BCUT2D eigenvalue weighted by atomic mass is 10.1. The minimum atomic E-state index is 0.154. The molecule has 3 aromatic rings. The molecule has 0 spiro atoms. The molecule has 3 rings (SSSR count). The summed E-state index contributed by atoms with van der Waals surface area (Å²) in [7, 11) is 1.66. The van der Waals surface area contributed by atoms with Crippen molar-refractivity contribution in [3.8, 4) is 17.0 Å². The van der Waals surface area contributed by atoms with Gasteiger partial charge in [0, 0.05) is 11.9 Å². The number of benzene rings is 1. The second-order valence-electron chi connectivity index (χ2n) is 5.15. The molecule has 0 aliphatic heterocycles. The molecule has 118 valence electrons. The molecule has 0 aliphatic carbocycles. The standard InChI is InChI=1S/C16H18N6O/c1-23-12-6-3-10(4-7-12)2-5-11-8-14(22-21-11)13-9-19-16(18)20-15(13)17/h3-4,6-9H,2,5H2,1H3,(H,21,22)(H4,17,18,19,20). The van der Waals surface area contributed by atoms with Gasteiger partial charge >= 0.3 is 0 Å². The SMILES string of the molecule is COc1ccc(CCc2cc(-c3cnc(N)nc3N)n[nH]2)cc1. The average molecular weight is 310 g/mol. The molecule has 0 amide bonds. The van der Waals surface area contributed by atoms with E-state index in [0.717, 1.165) is 24.3 Å². The van der Waals surface area contributed by atoms with Crippen LogP contribution in [0.1, 0.15) is 11.3 Å². The Bertz CT molecular complexity index is 797. The van der Waals surface area contributed by atoms with Crippen molar-refractivity contribution in [2.75, 3.05) is 18.6 Å². The number of hydrogen-bond donors (Lipinski definition) is 3. The number of hydrogen-bond acceptors (Lipinski definition) is 6. The Kier molecular flexibility index (Phi) is 4.09. The van der Waals surface area contributed by atoms with Crippen LogP contribution >= 0.6 is 0 Å². The van der Waals surface area contributed by atoms with Crippen LogP contribution in [0.4, 0.5) is 11.8 Å². The van der Waals surface area contributed by atoms with Gasteiger partial charge in [0.25, 0.3) is 0 Å². The molecular formula is C16H18N6O. The molecule has 2 heterocycles. The van der Waals surface area contributed by atoms with Gasteiger partial charge in [0.15, 0.2) is 0 Å². The minimum absolute atomic E-state index is 0.154. The van der Waals surface area contributed by atoms with Gasteiger partial charge < -0.3 is 16.2 Å². The fourth-order valence-electron chi connectivity index (χ4n) is 2.31.